The normalized spacial score (nSPS) is 14.4. The summed E-state index contributed by atoms with van der Waals surface area (Å²) >= 11 is 0. The Bertz CT molecular complexity index is 3170. The third-order valence-electron chi connectivity index (χ3n) is 13.7. The molecule has 392 valence electrons. The van der Waals surface area contributed by atoms with Gasteiger partial charge in [0.15, 0.2) is 0 Å². The number of nitrogens with zero attached hydrogens (tertiary/aromatic N) is 6. The first-order valence-corrected chi connectivity index (χ1v) is 26.1. The van der Waals surface area contributed by atoms with E-state index in [4.69, 9.17) is 25.2 Å². The number of carbonyl (C=O) groups excluding carboxylic acids is 1. The zero-order valence-corrected chi connectivity index (χ0v) is 43.7. The second-order valence-corrected chi connectivity index (χ2v) is 20.1. The Hall–Kier alpha value is -7.69. The van der Waals surface area contributed by atoms with Gasteiger partial charge in [0.1, 0.15) is 59.0 Å². The fourth-order valence-corrected chi connectivity index (χ4v) is 9.40. The molecule has 75 heavy (non-hydrogen) atoms. The number of fused-ring (bicyclic) bond motifs is 2. The lowest BCUT2D eigenvalue weighted by atomic mass is 10.1. The summed E-state index contributed by atoms with van der Waals surface area (Å²) in [5, 5.41) is 5.30. The lowest BCUT2D eigenvalue weighted by Gasteiger charge is -2.36. The lowest BCUT2D eigenvalue weighted by molar-refractivity contribution is 0.200. The number of imidazole rings is 2. The highest BCUT2D eigenvalue weighted by atomic mass is 19.1. The molecule has 10 rings (SSSR count). The molecule has 16 heteroatoms. The number of halogens is 2. The Balaban J connectivity index is 0.000000187. The van der Waals surface area contributed by atoms with Crippen molar-refractivity contribution in [2.45, 2.75) is 53.0 Å². The van der Waals surface area contributed by atoms with Gasteiger partial charge < -0.3 is 45.6 Å². The standard InChI is InChI=1S/C32H39FN6O2.C27H30FN5O/c1-5-22-9-11-23(12-10-22)30-34-27-7-6-8-28(29(27)36-30)39-17-15-38(16-18-39)19-20-41-24-13-14-26(25(33)21-24)35-31(40)37-32(2,3)4;1-2-19-6-8-20(9-7-19)27-30-24-4-3-5-25(26(24)31-27)33-14-12-32(13-15-33)16-17-34-21-10-11-23(29)22(28)18-21/h6-14,21H,5,15-20H2,1-4H3,(H,34,36)(H2,35,37,40);3-11,18H,2,12-17,29H2,1H3,(H,30,31). The molecule has 0 radical (unpaired) electrons. The van der Waals surface area contributed by atoms with E-state index in [1.807, 2.05) is 20.8 Å². The number of aryl methyl sites for hydroxylation is 2. The van der Waals surface area contributed by atoms with Crippen LogP contribution in [0, 0.1) is 11.6 Å². The van der Waals surface area contributed by atoms with E-state index < -0.39 is 23.2 Å². The maximum absolute atomic E-state index is 14.5. The fourth-order valence-electron chi connectivity index (χ4n) is 9.40. The van der Waals surface area contributed by atoms with E-state index >= 15 is 0 Å². The Kier molecular flexibility index (Phi) is 16.5. The second kappa shape index (κ2) is 23.7. The average molecular weight is 1020 g/mol. The third-order valence-corrected chi connectivity index (χ3v) is 13.7. The van der Waals surface area contributed by atoms with Crippen LogP contribution in [0.15, 0.2) is 121 Å². The molecule has 0 unspecified atom stereocenters. The van der Waals surface area contributed by atoms with Crippen molar-refractivity contribution in [2.75, 3.05) is 99.5 Å². The Morgan fingerprint density at radius 2 is 1.07 bits per heavy atom. The minimum absolute atomic E-state index is 0.115. The van der Waals surface area contributed by atoms with Crippen molar-refractivity contribution < 1.29 is 23.0 Å². The Morgan fingerprint density at radius 1 is 0.613 bits per heavy atom. The predicted molar refractivity (Wildman–Crippen MR) is 299 cm³/mol. The predicted octanol–water partition coefficient (Wildman–Crippen LogP) is 10.8. The highest BCUT2D eigenvalue weighted by Gasteiger charge is 2.23. The number of nitrogens with one attached hydrogen (secondary N) is 4. The number of benzene rings is 6. The van der Waals surface area contributed by atoms with E-state index in [9.17, 15) is 13.6 Å². The molecule has 2 aromatic heterocycles. The summed E-state index contributed by atoms with van der Waals surface area (Å²) < 4.78 is 39.6. The molecule has 0 saturated carbocycles. The molecule has 2 aliphatic rings. The number of rotatable bonds is 15. The van der Waals surface area contributed by atoms with Gasteiger partial charge in [-0.05, 0) is 93.3 Å². The number of aromatic amines is 2. The number of para-hydroxylation sites is 2. The van der Waals surface area contributed by atoms with Gasteiger partial charge in [0.25, 0.3) is 0 Å². The minimum atomic E-state index is -0.533. The number of hydrogen-bond acceptors (Lipinski definition) is 10. The van der Waals surface area contributed by atoms with Crippen molar-refractivity contribution in [3.63, 3.8) is 0 Å². The summed E-state index contributed by atoms with van der Waals surface area (Å²) in [7, 11) is 0. The van der Waals surface area contributed by atoms with Crippen LogP contribution in [0.1, 0.15) is 45.7 Å². The summed E-state index contributed by atoms with van der Waals surface area (Å²) in [4.78, 5) is 38.5. The van der Waals surface area contributed by atoms with Gasteiger partial charge in [0.2, 0.25) is 0 Å². The number of aromatic nitrogens is 4. The quantitative estimate of drug-likeness (QED) is 0.0627. The van der Waals surface area contributed by atoms with Crippen LogP contribution in [-0.4, -0.2) is 120 Å². The fraction of sp³-hybridized carbons (Fsp3) is 0.339. The van der Waals surface area contributed by atoms with Crippen LogP contribution in [0.4, 0.5) is 36.3 Å². The Labute approximate surface area is 438 Å². The molecule has 14 nitrogen and oxygen atoms in total. The maximum atomic E-state index is 14.5. The number of nitrogens with two attached hydrogens (primary N) is 1. The molecule has 2 saturated heterocycles. The molecule has 2 aliphatic heterocycles. The number of H-pyrrole nitrogens is 2. The number of hydrogen-bond donors (Lipinski definition) is 5. The van der Waals surface area contributed by atoms with Crippen molar-refractivity contribution in [3.8, 4) is 34.3 Å². The molecule has 0 bridgehead atoms. The summed E-state index contributed by atoms with van der Waals surface area (Å²) in [5.41, 5.74) is 16.6. The maximum Gasteiger partial charge on any atom is 0.319 e. The van der Waals surface area contributed by atoms with Crippen LogP contribution in [-0.2, 0) is 12.8 Å². The van der Waals surface area contributed by atoms with Gasteiger partial charge in [0.05, 0.1) is 33.8 Å². The number of anilines is 4. The van der Waals surface area contributed by atoms with Crippen molar-refractivity contribution in [1.82, 2.24) is 35.1 Å². The van der Waals surface area contributed by atoms with Gasteiger partial charge in [-0.1, -0.05) is 74.5 Å². The molecule has 4 heterocycles. The summed E-state index contributed by atoms with van der Waals surface area (Å²) in [6.45, 7) is 19.7. The second-order valence-electron chi connectivity index (χ2n) is 20.1. The largest absolute Gasteiger partial charge is 0.492 e. The first-order chi connectivity index (χ1) is 36.3. The topological polar surface area (TPSA) is 156 Å². The summed E-state index contributed by atoms with van der Waals surface area (Å²) in [6.07, 6.45) is 2.05. The number of nitrogen functional groups attached to an aromatic ring is 1. The molecule has 6 N–H and O–H groups in total. The van der Waals surface area contributed by atoms with E-state index in [1.54, 1.807) is 12.1 Å². The van der Waals surface area contributed by atoms with E-state index in [-0.39, 0.29) is 11.4 Å². The van der Waals surface area contributed by atoms with E-state index in [1.165, 1.54) is 41.1 Å². The molecule has 8 aromatic rings. The molecule has 2 fully saturated rings. The van der Waals surface area contributed by atoms with Crippen LogP contribution in [0.25, 0.3) is 44.8 Å². The molecule has 6 aromatic carbocycles. The average Bonchev–Trinajstić information content (AvgIpc) is 4.07. The molecule has 0 spiro atoms. The first-order valence-electron chi connectivity index (χ1n) is 26.1. The smallest absolute Gasteiger partial charge is 0.319 e. The van der Waals surface area contributed by atoms with Crippen molar-refractivity contribution in [1.29, 1.82) is 0 Å². The number of ether oxygens (including phenoxy) is 2. The SMILES string of the molecule is CCc1ccc(-c2nc3c(N4CCN(CCOc5ccc(N)c(F)c5)CC4)cccc3[nH]2)cc1.CCc1ccc(-c2nc3c(N4CCN(CCOc5ccc(NC(=O)NC(C)(C)C)c(F)c5)CC4)cccc3[nH]2)cc1. The summed E-state index contributed by atoms with van der Waals surface area (Å²) in [5.74, 6) is 1.76. The zero-order chi connectivity index (χ0) is 52.5. The number of piperazine rings is 2. The van der Waals surface area contributed by atoms with Gasteiger partial charge in [-0.15, -0.1) is 0 Å². The highest BCUT2D eigenvalue weighted by Crippen LogP contribution is 2.32. The van der Waals surface area contributed by atoms with Crippen LogP contribution < -0.4 is 35.6 Å². The monoisotopic (exact) mass is 1020 g/mol. The van der Waals surface area contributed by atoms with Gasteiger partial charge in [-0.25, -0.2) is 23.5 Å². The Morgan fingerprint density at radius 3 is 1.49 bits per heavy atom. The van der Waals surface area contributed by atoms with E-state index in [2.05, 4.69) is 139 Å². The van der Waals surface area contributed by atoms with Crippen molar-refractivity contribution in [2.24, 2.45) is 0 Å². The first kappa shape index (κ1) is 52.2. The van der Waals surface area contributed by atoms with Gasteiger partial charge in [0, 0.05) is 94.2 Å². The highest BCUT2D eigenvalue weighted by molar-refractivity contribution is 5.92. The van der Waals surface area contributed by atoms with E-state index in [0.717, 1.165) is 129 Å². The van der Waals surface area contributed by atoms with Gasteiger partial charge >= 0.3 is 6.03 Å². The van der Waals surface area contributed by atoms with Crippen LogP contribution in [0.5, 0.6) is 11.5 Å². The molecule has 2 amide bonds. The summed E-state index contributed by atoms with van der Waals surface area (Å²) in [6, 6.07) is 38.4. The van der Waals surface area contributed by atoms with Gasteiger partial charge in [-0.3, -0.25) is 9.80 Å². The van der Waals surface area contributed by atoms with Crippen LogP contribution >= 0.6 is 0 Å². The minimum Gasteiger partial charge on any atom is -0.492 e. The third kappa shape index (κ3) is 13.4. The molecule has 0 atom stereocenters. The molecular weight excluding hydrogens is 949 g/mol. The molecular formula is C59H69F2N11O3. The number of carbonyl (C=O) groups is 1. The van der Waals surface area contributed by atoms with Crippen LogP contribution in [0.3, 0.4) is 0 Å². The van der Waals surface area contributed by atoms with Crippen molar-refractivity contribution in [3.05, 3.63) is 144 Å². The number of amides is 2. The zero-order valence-electron chi connectivity index (χ0n) is 43.7. The van der Waals surface area contributed by atoms with Gasteiger partial charge in [-0.2, -0.15) is 0 Å². The lowest BCUT2D eigenvalue weighted by Crippen LogP contribution is -2.47. The number of urea groups is 1. The van der Waals surface area contributed by atoms with Crippen molar-refractivity contribution >= 4 is 50.8 Å². The van der Waals surface area contributed by atoms with Crippen LogP contribution in [0.2, 0.25) is 0 Å². The van der Waals surface area contributed by atoms with E-state index in [0.29, 0.717) is 24.7 Å². The molecule has 0 aliphatic carbocycles.